The summed E-state index contributed by atoms with van der Waals surface area (Å²) >= 11 is 0. The zero-order chi connectivity index (χ0) is 16.7. The number of benzene rings is 2. The SMILES string of the molecule is Cc1ccccc1N=C(N)N=C(N)N.c1ccc2n[nH]nc2c1. The normalized spacial score (nSPS) is 10.7. The summed E-state index contributed by atoms with van der Waals surface area (Å²) in [5.41, 5.74) is 19.4. The Kier molecular flexibility index (Phi) is 5.24. The minimum atomic E-state index is -0.0974. The molecule has 0 bridgehead atoms. The van der Waals surface area contributed by atoms with E-state index in [2.05, 4.69) is 25.4 Å². The number of guanidine groups is 2. The maximum Gasteiger partial charge on any atom is 0.223 e. The van der Waals surface area contributed by atoms with Gasteiger partial charge in [0.05, 0.1) is 5.69 Å². The molecule has 0 fully saturated rings. The number of aryl methyl sites for hydroxylation is 1. The molecule has 1 aromatic heterocycles. The second-order valence-corrected chi connectivity index (χ2v) is 4.61. The molecular formula is C15H18N8. The van der Waals surface area contributed by atoms with Gasteiger partial charge in [-0.1, -0.05) is 30.3 Å². The second-order valence-electron chi connectivity index (χ2n) is 4.61. The minimum Gasteiger partial charge on any atom is -0.370 e. The van der Waals surface area contributed by atoms with Gasteiger partial charge in [0.1, 0.15) is 11.0 Å². The van der Waals surface area contributed by atoms with Crippen LogP contribution in [0.15, 0.2) is 58.5 Å². The Morgan fingerprint density at radius 3 is 2.04 bits per heavy atom. The third-order valence-corrected chi connectivity index (χ3v) is 2.82. The highest BCUT2D eigenvalue weighted by molar-refractivity contribution is 5.93. The highest BCUT2D eigenvalue weighted by Crippen LogP contribution is 2.16. The van der Waals surface area contributed by atoms with Crippen molar-refractivity contribution in [1.29, 1.82) is 0 Å². The standard InChI is InChI=1S/C9H13N5.C6H5N3/c1-6-4-2-3-5-7(6)13-9(12)14-8(10)11;1-2-4-6-5(3-1)7-9-8-6/h2-5H,1H3,(H6,10,11,12,13,14);1-4H,(H,7,8,9). The summed E-state index contributed by atoms with van der Waals surface area (Å²) in [6, 6.07) is 15.3. The first-order chi connectivity index (χ1) is 11.1. The molecular weight excluding hydrogens is 292 g/mol. The number of nitrogens with one attached hydrogen (secondary N) is 1. The van der Waals surface area contributed by atoms with E-state index >= 15 is 0 Å². The molecule has 1 heterocycles. The molecule has 23 heavy (non-hydrogen) atoms. The van der Waals surface area contributed by atoms with E-state index in [-0.39, 0.29) is 11.9 Å². The van der Waals surface area contributed by atoms with Gasteiger partial charge in [-0.15, -0.1) is 0 Å². The Morgan fingerprint density at radius 1 is 0.913 bits per heavy atom. The highest BCUT2D eigenvalue weighted by atomic mass is 15.3. The summed E-state index contributed by atoms with van der Waals surface area (Å²) in [4.78, 5) is 7.66. The van der Waals surface area contributed by atoms with Gasteiger partial charge in [-0.3, -0.25) is 0 Å². The van der Waals surface area contributed by atoms with Crippen molar-refractivity contribution in [3.05, 3.63) is 54.1 Å². The average molecular weight is 310 g/mol. The first-order valence-electron chi connectivity index (χ1n) is 6.81. The third-order valence-electron chi connectivity index (χ3n) is 2.82. The first-order valence-corrected chi connectivity index (χ1v) is 6.81. The number of aromatic amines is 1. The zero-order valence-electron chi connectivity index (χ0n) is 12.6. The van der Waals surface area contributed by atoms with E-state index < -0.39 is 0 Å². The predicted molar refractivity (Wildman–Crippen MR) is 92.2 cm³/mol. The molecule has 118 valence electrons. The molecule has 7 N–H and O–H groups in total. The van der Waals surface area contributed by atoms with Crippen LogP contribution in [0.4, 0.5) is 5.69 Å². The van der Waals surface area contributed by atoms with E-state index in [1.54, 1.807) is 0 Å². The van der Waals surface area contributed by atoms with Crippen molar-refractivity contribution in [3.8, 4) is 0 Å². The molecule has 0 atom stereocenters. The van der Waals surface area contributed by atoms with Gasteiger partial charge in [-0.05, 0) is 30.7 Å². The number of rotatable bonds is 1. The van der Waals surface area contributed by atoms with E-state index in [1.165, 1.54) is 0 Å². The van der Waals surface area contributed by atoms with Crippen LogP contribution < -0.4 is 17.2 Å². The Hall–Kier alpha value is -3.42. The molecule has 0 unspecified atom stereocenters. The van der Waals surface area contributed by atoms with Gasteiger partial charge < -0.3 is 17.2 Å². The fraction of sp³-hybridized carbons (Fsp3) is 0.0667. The largest absolute Gasteiger partial charge is 0.370 e. The second kappa shape index (κ2) is 7.55. The lowest BCUT2D eigenvalue weighted by atomic mass is 10.2. The molecule has 0 spiro atoms. The van der Waals surface area contributed by atoms with E-state index in [9.17, 15) is 0 Å². The Balaban J connectivity index is 0.000000182. The van der Waals surface area contributed by atoms with Crippen molar-refractivity contribution < 1.29 is 0 Å². The van der Waals surface area contributed by atoms with Crippen LogP contribution >= 0.6 is 0 Å². The quantitative estimate of drug-likeness (QED) is 0.394. The van der Waals surface area contributed by atoms with E-state index in [4.69, 9.17) is 17.2 Å². The van der Waals surface area contributed by atoms with Crippen LogP contribution in [0.3, 0.4) is 0 Å². The number of hydrogen-bond donors (Lipinski definition) is 4. The number of nitrogens with zero attached hydrogens (tertiary/aromatic N) is 4. The Morgan fingerprint density at radius 2 is 1.48 bits per heavy atom. The number of para-hydroxylation sites is 3. The lowest BCUT2D eigenvalue weighted by molar-refractivity contribution is 0.959. The topological polar surface area (TPSA) is 144 Å². The number of hydrogen-bond acceptors (Lipinski definition) is 3. The van der Waals surface area contributed by atoms with Crippen LogP contribution in [-0.4, -0.2) is 27.3 Å². The number of nitrogens with two attached hydrogens (primary N) is 3. The summed E-state index contributed by atoms with van der Waals surface area (Å²) < 4.78 is 0. The summed E-state index contributed by atoms with van der Waals surface area (Å²) in [7, 11) is 0. The Bertz CT molecular complexity index is 800. The smallest absolute Gasteiger partial charge is 0.223 e. The molecule has 0 amide bonds. The lowest BCUT2D eigenvalue weighted by Crippen LogP contribution is -2.26. The number of fused-ring (bicyclic) bond motifs is 1. The lowest BCUT2D eigenvalue weighted by Gasteiger charge is -1.99. The van der Waals surface area contributed by atoms with Gasteiger partial charge in [0.2, 0.25) is 5.96 Å². The summed E-state index contributed by atoms with van der Waals surface area (Å²) in [6.07, 6.45) is 0. The predicted octanol–water partition coefficient (Wildman–Crippen LogP) is 1.17. The van der Waals surface area contributed by atoms with E-state index in [1.807, 2.05) is 55.5 Å². The number of aromatic nitrogens is 3. The van der Waals surface area contributed by atoms with Crippen molar-refractivity contribution in [2.24, 2.45) is 27.2 Å². The molecule has 0 aliphatic heterocycles. The van der Waals surface area contributed by atoms with Crippen LogP contribution in [0.25, 0.3) is 11.0 Å². The number of aliphatic imine (C=N–C) groups is 2. The van der Waals surface area contributed by atoms with Crippen molar-refractivity contribution in [2.75, 3.05) is 0 Å². The van der Waals surface area contributed by atoms with Crippen molar-refractivity contribution >= 4 is 28.6 Å². The summed E-state index contributed by atoms with van der Waals surface area (Å²) in [5.74, 6) is -0.0425. The third kappa shape index (κ3) is 4.81. The molecule has 3 rings (SSSR count). The fourth-order valence-corrected chi connectivity index (χ4v) is 1.76. The van der Waals surface area contributed by atoms with E-state index in [0.717, 1.165) is 22.3 Å². The van der Waals surface area contributed by atoms with Gasteiger partial charge in [0.25, 0.3) is 0 Å². The van der Waals surface area contributed by atoms with Gasteiger partial charge in [-0.25, -0.2) is 4.99 Å². The van der Waals surface area contributed by atoms with Gasteiger partial charge in [-0.2, -0.15) is 20.4 Å². The van der Waals surface area contributed by atoms with Crippen LogP contribution in [-0.2, 0) is 0 Å². The fourth-order valence-electron chi connectivity index (χ4n) is 1.76. The highest BCUT2D eigenvalue weighted by Gasteiger charge is 1.95. The maximum absolute atomic E-state index is 5.48. The van der Waals surface area contributed by atoms with E-state index in [0.29, 0.717) is 0 Å². The molecule has 8 nitrogen and oxygen atoms in total. The molecule has 0 aliphatic rings. The van der Waals surface area contributed by atoms with Gasteiger partial charge in [0, 0.05) is 0 Å². The van der Waals surface area contributed by atoms with Gasteiger partial charge in [0.15, 0.2) is 5.96 Å². The van der Waals surface area contributed by atoms with Crippen LogP contribution in [0.5, 0.6) is 0 Å². The first kappa shape index (κ1) is 16.0. The Labute approximate surface area is 133 Å². The molecule has 0 radical (unpaired) electrons. The molecule has 2 aromatic carbocycles. The molecule has 3 aromatic rings. The summed E-state index contributed by atoms with van der Waals surface area (Å²) in [6.45, 7) is 1.93. The summed E-state index contributed by atoms with van der Waals surface area (Å²) in [5, 5.41) is 10.3. The molecule has 0 saturated heterocycles. The monoisotopic (exact) mass is 310 g/mol. The van der Waals surface area contributed by atoms with Crippen molar-refractivity contribution in [3.63, 3.8) is 0 Å². The van der Waals surface area contributed by atoms with Crippen LogP contribution in [0, 0.1) is 6.92 Å². The van der Waals surface area contributed by atoms with Crippen molar-refractivity contribution in [2.45, 2.75) is 6.92 Å². The van der Waals surface area contributed by atoms with Crippen LogP contribution in [0.1, 0.15) is 5.56 Å². The van der Waals surface area contributed by atoms with Crippen molar-refractivity contribution in [1.82, 2.24) is 15.4 Å². The molecule has 0 saturated carbocycles. The number of H-pyrrole nitrogens is 1. The molecule has 0 aliphatic carbocycles. The minimum absolute atomic E-state index is 0.0549. The molecule has 8 heteroatoms. The van der Waals surface area contributed by atoms with Gasteiger partial charge >= 0.3 is 0 Å². The zero-order valence-corrected chi connectivity index (χ0v) is 12.6. The maximum atomic E-state index is 5.48. The average Bonchev–Trinajstić information content (AvgIpc) is 2.98. The van der Waals surface area contributed by atoms with Crippen LogP contribution in [0.2, 0.25) is 0 Å².